The maximum absolute atomic E-state index is 12.9. The second-order valence-corrected chi connectivity index (χ2v) is 9.26. The second kappa shape index (κ2) is 9.41. The van der Waals surface area contributed by atoms with Gasteiger partial charge in [0.05, 0.1) is 11.4 Å². The van der Waals surface area contributed by atoms with Crippen molar-refractivity contribution in [2.75, 3.05) is 26.7 Å². The van der Waals surface area contributed by atoms with Gasteiger partial charge in [-0.1, -0.05) is 24.6 Å². The summed E-state index contributed by atoms with van der Waals surface area (Å²) in [5.41, 5.74) is 0.456. The molecule has 0 saturated carbocycles. The zero-order valence-corrected chi connectivity index (χ0v) is 17.8. The number of benzene rings is 2. The Kier molecular flexibility index (Phi) is 6.92. The Bertz CT molecular complexity index is 914. The molecule has 0 N–H and O–H groups in total. The normalized spacial score (nSPS) is 17.7. The van der Waals surface area contributed by atoms with Crippen LogP contribution in [0.5, 0.6) is 5.75 Å². The number of rotatable bonds is 7. The Labute approximate surface area is 173 Å². The van der Waals surface area contributed by atoms with E-state index in [0.717, 1.165) is 25.0 Å². The average molecular weight is 417 g/mol. The summed E-state index contributed by atoms with van der Waals surface area (Å²) >= 11 is 0. The van der Waals surface area contributed by atoms with Gasteiger partial charge in [-0.2, -0.15) is 4.31 Å². The number of piperidine rings is 1. The highest BCUT2D eigenvalue weighted by Crippen LogP contribution is 2.25. The molecule has 2 aromatic rings. The molecule has 0 radical (unpaired) electrons. The van der Waals surface area contributed by atoms with Crippen LogP contribution in [0.15, 0.2) is 59.5 Å². The van der Waals surface area contributed by atoms with E-state index in [1.807, 2.05) is 37.3 Å². The maximum atomic E-state index is 12.9. The fraction of sp³-hybridized carbons (Fsp3) is 0.409. The number of ether oxygens (including phenoxy) is 1. The van der Waals surface area contributed by atoms with Crippen LogP contribution in [0.4, 0.5) is 0 Å². The summed E-state index contributed by atoms with van der Waals surface area (Å²) < 4.78 is 33.0. The molecule has 29 heavy (non-hydrogen) atoms. The van der Waals surface area contributed by atoms with E-state index in [1.165, 1.54) is 12.1 Å². The molecule has 156 valence electrons. The Morgan fingerprint density at radius 1 is 1.10 bits per heavy atom. The van der Waals surface area contributed by atoms with Gasteiger partial charge >= 0.3 is 0 Å². The van der Waals surface area contributed by atoms with E-state index in [-0.39, 0.29) is 16.8 Å². The number of carbonyl (C=O) groups excluding carboxylic acids is 1. The van der Waals surface area contributed by atoms with Crippen molar-refractivity contribution in [1.29, 1.82) is 0 Å². The highest BCUT2D eigenvalue weighted by atomic mass is 32.2. The molecule has 1 fully saturated rings. The van der Waals surface area contributed by atoms with Crippen LogP contribution < -0.4 is 4.74 Å². The highest BCUT2D eigenvalue weighted by Gasteiger charge is 2.31. The third-order valence-electron chi connectivity index (χ3n) is 5.24. The molecule has 0 aliphatic carbocycles. The van der Waals surface area contributed by atoms with E-state index < -0.39 is 10.0 Å². The molecule has 3 rings (SSSR count). The Morgan fingerprint density at radius 3 is 2.45 bits per heavy atom. The SMILES string of the molecule is CC1CCCCN1S(=O)(=O)c1ccc(C(=O)N(C)CCOc2ccccc2)cc1. The summed E-state index contributed by atoms with van der Waals surface area (Å²) in [6.07, 6.45) is 2.82. The van der Waals surface area contributed by atoms with E-state index in [9.17, 15) is 13.2 Å². The van der Waals surface area contributed by atoms with Crippen molar-refractivity contribution in [3.05, 3.63) is 60.2 Å². The molecule has 1 saturated heterocycles. The van der Waals surface area contributed by atoms with Crippen molar-refractivity contribution in [1.82, 2.24) is 9.21 Å². The van der Waals surface area contributed by atoms with E-state index in [4.69, 9.17) is 4.74 Å². The number of hydrogen-bond donors (Lipinski definition) is 0. The van der Waals surface area contributed by atoms with Gasteiger partial charge in [-0.3, -0.25) is 4.79 Å². The van der Waals surface area contributed by atoms with Gasteiger partial charge in [-0.05, 0) is 56.2 Å². The van der Waals surface area contributed by atoms with Crippen LogP contribution in [0.3, 0.4) is 0 Å². The third kappa shape index (κ3) is 5.16. The van der Waals surface area contributed by atoms with Crippen LogP contribution in [0.1, 0.15) is 36.5 Å². The molecule has 1 atom stereocenters. The Balaban J connectivity index is 1.60. The van der Waals surface area contributed by atoms with Crippen molar-refractivity contribution in [2.45, 2.75) is 37.1 Å². The minimum atomic E-state index is -3.53. The molecule has 1 aliphatic heterocycles. The number of amides is 1. The van der Waals surface area contributed by atoms with Gasteiger partial charge in [0.1, 0.15) is 12.4 Å². The van der Waals surface area contributed by atoms with Crippen molar-refractivity contribution in [3.63, 3.8) is 0 Å². The summed E-state index contributed by atoms with van der Waals surface area (Å²) in [6, 6.07) is 15.7. The number of para-hydroxylation sites is 1. The molecule has 0 aromatic heterocycles. The van der Waals surface area contributed by atoms with Gasteiger partial charge in [0.25, 0.3) is 5.91 Å². The van der Waals surface area contributed by atoms with Crippen LogP contribution in [0, 0.1) is 0 Å². The molecular formula is C22H28N2O4S. The van der Waals surface area contributed by atoms with Crippen molar-refractivity contribution < 1.29 is 17.9 Å². The smallest absolute Gasteiger partial charge is 0.253 e. The predicted molar refractivity (Wildman–Crippen MR) is 113 cm³/mol. The van der Waals surface area contributed by atoms with E-state index in [1.54, 1.807) is 28.4 Å². The summed E-state index contributed by atoms with van der Waals surface area (Å²) in [4.78, 5) is 14.4. The maximum Gasteiger partial charge on any atom is 0.253 e. The van der Waals surface area contributed by atoms with Crippen LogP contribution in [0.25, 0.3) is 0 Å². The Hall–Kier alpha value is -2.38. The van der Waals surface area contributed by atoms with Gasteiger partial charge in [-0.15, -0.1) is 0 Å². The van der Waals surface area contributed by atoms with E-state index in [0.29, 0.717) is 25.3 Å². The van der Waals surface area contributed by atoms with Gasteiger partial charge < -0.3 is 9.64 Å². The molecule has 1 aliphatic rings. The van der Waals surface area contributed by atoms with Gasteiger partial charge in [0, 0.05) is 25.2 Å². The fourth-order valence-electron chi connectivity index (χ4n) is 3.47. The molecule has 1 unspecified atom stereocenters. The quantitative estimate of drug-likeness (QED) is 0.694. The summed E-state index contributed by atoms with van der Waals surface area (Å²) in [6.45, 7) is 3.31. The zero-order valence-electron chi connectivity index (χ0n) is 17.0. The largest absolute Gasteiger partial charge is 0.492 e. The van der Waals surface area contributed by atoms with Gasteiger partial charge in [0.15, 0.2) is 0 Å². The first-order chi connectivity index (χ1) is 13.9. The van der Waals surface area contributed by atoms with Crippen molar-refractivity contribution >= 4 is 15.9 Å². The number of sulfonamides is 1. The minimum absolute atomic E-state index is 0.00538. The molecule has 6 nitrogen and oxygen atoms in total. The number of likely N-dealkylation sites (N-methyl/N-ethyl adjacent to an activating group) is 1. The first kappa shape index (κ1) is 21.3. The lowest BCUT2D eigenvalue weighted by molar-refractivity contribution is 0.0773. The molecular weight excluding hydrogens is 388 g/mol. The fourth-order valence-corrected chi connectivity index (χ4v) is 5.17. The first-order valence-electron chi connectivity index (χ1n) is 9.95. The molecule has 2 aromatic carbocycles. The lowest BCUT2D eigenvalue weighted by Gasteiger charge is -2.32. The summed E-state index contributed by atoms with van der Waals surface area (Å²) in [5, 5.41) is 0. The van der Waals surface area contributed by atoms with Gasteiger partial charge in [0.2, 0.25) is 10.0 Å². The Morgan fingerprint density at radius 2 is 1.79 bits per heavy atom. The van der Waals surface area contributed by atoms with Crippen molar-refractivity contribution in [2.24, 2.45) is 0 Å². The number of carbonyl (C=O) groups is 1. The summed E-state index contributed by atoms with van der Waals surface area (Å²) in [7, 11) is -1.83. The minimum Gasteiger partial charge on any atom is -0.492 e. The highest BCUT2D eigenvalue weighted by molar-refractivity contribution is 7.89. The second-order valence-electron chi connectivity index (χ2n) is 7.37. The molecule has 0 spiro atoms. The number of nitrogens with zero attached hydrogens (tertiary/aromatic N) is 2. The zero-order chi connectivity index (χ0) is 20.9. The molecule has 1 heterocycles. The monoisotopic (exact) mass is 416 g/mol. The van der Waals surface area contributed by atoms with Gasteiger partial charge in [-0.25, -0.2) is 8.42 Å². The lowest BCUT2D eigenvalue weighted by Crippen LogP contribution is -2.41. The van der Waals surface area contributed by atoms with Crippen LogP contribution in [0.2, 0.25) is 0 Å². The molecule has 0 bridgehead atoms. The third-order valence-corrected chi connectivity index (χ3v) is 7.26. The van der Waals surface area contributed by atoms with Crippen molar-refractivity contribution in [3.8, 4) is 5.75 Å². The standard InChI is InChI=1S/C22H28N2O4S/c1-18-8-6-7-15-24(18)29(26,27)21-13-11-19(12-14-21)22(25)23(2)16-17-28-20-9-4-3-5-10-20/h3-5,9-14,18H,6-8,15-17H2,1-2H3. The number of hydrogen-bond acceptors (Lipinski definition) is 4. The van der Waals surface area contributed by atoms with E-state index in [2.05, 4.69) is 0 Å². The van der Waals surface area contributed by atoms with Crippen LogP contribution in [-0.4, -0.2) is 56.3 Å². The van der Waals surface area contributed by atoms with E-state index >= 15 is 0 Å². The topological polar surface area (TPSA) is 66.9 Å². The molecule has 7 heteroatoms. The van der Waals surface area contributed by atoms with Crippen LogP contribution >= 0.6 is 0 Å². The summed E-state index contributed by atoms with van der Waals surface area (Å²) in [5.74, 6) is 0.590. The first-order valence-corrected chi connectivity index (χ1v) is 11.4. The predicted octanol–water partition coefficient (Wildman–Crippen LogP) is 3.40. The lowest BCUT2D eigenvalue weighted by atomic mass is 10.1. The average Bonchev–Trinajstić information content (AvgIpc) is 2.74. The molecule has 1 amide bonds. The van der Waals surface area contributed by atoms with Crippen LogP contribution in [-0.2, 0) is 10.0 Å².